The lowest BCUT2D eigenvalue weighted by atomic mass is 10.2. The Bertz CT molecular complexity index is 1120. The van der Waals surface area contributed by atoms with Crippen LogP contribution in [0.5, 0.6) is 5.75 Å². The van der Waals surface area contributed by atoms with Crippen LogP contribution in [-0.4, -0.2) is 74.7 Å². The number of pyridine rings is 2. The van der Waals surface area contributed by atoms with Crippen molar-refractivity contribution < 1.29 is 14.3 Å². The molecule has 2 aliphatic rings. The Morgan fingerprint density at radius 1 is 1.21 bits per heavy atom. The summed E-state index contributed by atoms with van der Waals surface area (Å²) >= 11 is 0. The largest absolute Gasteiger partial charge is 0.489 e. The minimum atomic E-state index is -0.280. The van der Waals surface area contributed by atoms with Crippen molar-refractivity contribution in [3.8, 4) is 5.75 Å². The Balaban J connectivity index is 1.39. The summed E-state index contributed by atoms with van der Waals surface area (Å²) in [5, 5.41) is 14.6. The molecule has 5 rings (SSSR count). The van der Waals surface area contributed by atoms with E-state index in [1.807, 2.05) is 25.4 Å². The minimum Gasteiger partial charge on any atom is -0.489 e. The van der Waals surface area contributed by atoms with Crippen LogP contribution in [0.1, 0.15) is 21.7 Å². The standard InChI is InChI=1S/C22H26N8O3/c1-23-21-15(4-2-7-25-21)10-29-12-17-19(13-29)33-14-16-11-30(28-27-16)8-9-32-18-5-3-6-24-20(18)22(31)26-17/h2-7,11,17,19H,8-10,12-14H2,1H3,(H,23,25)(H,26,31)/t17-,19-/m0/s1. The third kappa shape index (κ3) is 4.78. The van der Waals surface area contributed by atoms with Crippen LogP contribution in [0.25, 0.3) is 0 Å². The number of nitrogens with zero attached hydrogens (tertiary/aromatic N) is 6. The fraction of sp³-hybridized carbons (Fsp3) is 0.409. The van der Waals surface area contributed by atoms with Crippen LogP contribution in [-0.2, 0) is 24.4 Å². The van der Waals surface area contributed by atoms with E-state index in [-0.39, 0.29) is 23.7 Å². The van der Waals surface area contributed by atoms with Gasteiger partial charge < -0.3 is 20.1 Å². The third-order valence-corrected chi connectivity index (χ3v) is 5.78. The Morgan fingerprint density at radius 3 is 3.00 bits per heavy atom. The molecule has 1 amide bonds. The van der Waals surface area contributed by atoms with E-state index in [0.29, 0.717) is 45.1 Å². The van der Waals surface area contributed by atoms with E-state index >= 15 is 0 Å². The molecule has 33 heavy (non-hydrogen) atoms. The van der Waals surface area contributed by atoms with Crippen molar-refractivity contribution >= 4 is 11.7 Å². The Labute approximate surface area is 191 Å². The summed E-state index contributed by atoms with van der Waals surface area (Å²) in [6.45, 7) is 3.13. The van der Waals surface area contributed by atoms with Crippen LogP contribution in [0, 0.1) is 0 Å². The topological polar surface area (TPSA) is 119 Å². The van der Waals surface area contributed by atoms with Crippen molar-refractivity contribution in [1.82, 2.24) is 35.2 Å². The highest BCUT2D eigenvalue weighted by Crippen LogP contribution is 2.22. The van der Waals surface area contributed by atoms with Gasteiger partial charge in [-0.1, -0.05) is 11.3 Å². The lowest BCUT2D eigenvalue weighted by molar-refractivity contribution is 0.0292. The van der Waals surface area contributed by atoms with E-state index in [0.717, 1.165) is 17.1 Å². The Morgan fingerprint density at radius 2 is 2.09 bits per heavy atom. The van der Waals surface area contributed by atoms with Crippen LogP contribution in [0.2, 0.25) is 0 Å². The molecule has 0 unspecified atom stereocenters. The first kappa shape index (κ1) is 21.3. The third-order valence-electron chi connectivity index (χ3n) is 5.78. The summed E-state index contributed by atoms with van der Waals surface area (Å²) in [6, 6.07) is 7.25. The summed E-state index contributed by atoms with van der Waals surface area (Å²) in [5.74, 6) is 0.999. The number of nitrogens with one attached hydrogen (secondary N) is 2. The number of hydrogen-bond acceptors (Lipinski definition) is 9. The van der Waals surface area contributed by atoms with Gasteiger partial charge in [0.2, 0.25) is 0 Å². The minimum absolute atomic E-state index is 0.218. The molecule has 0 aliphatic carbocycles. The highest BCUT2D eigenvalue weighted by atomic mass is 16.5. The second kappa shape index (κ2) is 9.51. The second-order valence-corrected chi connectivity index (χ2v) is 8.06. The SMILES string of the molecule is CNc1ncccc1CN1C[C@@H]2NC(=O)c3ncccc3OCCn3cc(nn3)CO[C@H]2C1. The average molecular weight is 451 g/mol. The molecule has 0 radical (unpaired) electrons. The number of aromatic nitrogens is 5. The monoisotopic (exact) mass is 450 g/mol. The fourth-order valence-electron chi connectivity index (χ4n) is 4.19. The predicted octanol–water partition coefficient (Wildman–Crippen LogP) is 0.702. The summed E-state index contributed by atoms with van der Waals surface area (Å²) in [5.41, 5.74) is 2.08. The van der Waals surface area contributed by atoms with Crippen LogP contribution >= 0.6 is 0 Å². The molecule has 1 saturated heterocycles. The maximum absolute atomic E-state index is 13.1. The smallest absolute Gasteiger partial charge is 0.274 e. The van der Waals surface area contributed by atoms with Crippen LogP contribution < -0.4 is 15.4 Å². The van der Waals surface area contributed by atoms with Gasteiger partial charge in [0.1, 0.15) is 18.1 Å². The Hall–Kier alpha value is -3.57. The van der Waals surface area contributed by atoms with Crippen LogP contribution in [0.4, 0.5) is 5.82 Å². The first-order valence-corrected chi connectivity index (χ1v) is 10.9. The van der Waals surface area contributed by atoms with Crippen molar-refractivity contribution in [2.75, 3.05) is 32.1 Å². The van der Waals surface area contributed by atoms with Gasteiger partial charge in [0, 0.05) is 44.6 Å². The van der Waals surface area contributed by atoms with Gasteiger partial charge in [-0.05, 0) is 18.2 Å². The summed E-state index contributed by atoms with van der Waals surface area (Å²) in [7, 11) is 1.86. The highest BCUT2D eigenvalue weighted by Gasteiger charge is 2.36. The number of anilines is 1. The van der Waals surface area contributed by atoms with Gasteiger partial charge in [-0.3, -0.25) is 9.69 Å². The zero-order valence-electron chi connectivity index (χ0n) is 18.3. The zero-order valence-corrected chi connectivity index (χ0v) is 18.3. The van der Waals surface area contributed by atoms with E-state index in [9.17, 15) is 4.79 Å². The maximum Gasteiger partial charge on any atom is 0.274 e. The zero-order chi connectivity index (χ0) is 22.6. The molecule has 0 aromatic carbocycles. The summed E-state index contributed by atoms with van der Waals surface area (Å²) in [6.07, 6.45) is 4.99. The normalized spacial score (nSPS) is 21.3. The molecule has 5 heterocycles. The molecule has 1 fully saturated rings. The molecule has 0 spiro atoms. The van der Waals surface area contributed by atoms with Gasteiger partial charge in [0.05, 0.1) is 31.5 Å². The molecular weight excluding hydrogens is 424 g/mol. The second-order valence-electron chi connectivity index (χ2n) is 8.06. The quantitative estimate of drug-likeness (QED) is 0.594. The molecule has 2 N–H and O–H groups in total. The van der Waals surface area contributed by atoms with E-state index in [1.54, 1.807) is 29.2 Å². The van der Waals surface area contributed by atoms with Gasteiger partial charge >= 0.3 is 0 Å². The molecule has 3 aromatic rings. The number of carbonyl (C=O) groups is 1. The fourth-order valence-corrected chi connectivity index (χ4v) is 4.19. The average Bonchev–Trinajstić information content (AvgIpc) is 3.44. The number of ether oxygens (including phenoxy) is 2. The number of likely N-dealkylation sites (tertiary alicyclic amines) is 1. The van der Waals surface area contributed by atoms with Crippen molar-refractivity contribution in [3.63, 3.8) is 0 Å². The molecule has 11 nitrogen and oxygen atoms in total. The highest BCUT2D eigenvalue weighted by molar-refractivity contribution is 5.95. The summed E-state index contributed by atoms with van der Waals surface area (Å²) < 4.78 is 13.8. The van der Waals surface area contributed by atoms with E-state index in [1.165, 1.54) is 0 Å². The first-order valence-electron chi connectivity index (χ1n) is 10.9. The van der Waals surface area contributed by atoms with Gasteiger partial charge in [0.15, 0.2) is 11.4 Å². The molecular formula is C22H26N8O3. The molecule has 3 aromatic heterocycles. The van der Waals surface area contributed by atoms with Gasteiger partial charge in [0.25, 0.3) is 5.91 Å². The lowest BCUT2D eigenvalue weighted by Gasteiger charge is -2.20. The van der Waals surface area contributed by atoms with Crippen molar-refractivity contribution in [2.24, 2.45) is 0 Å². The number of fused-ring (bicyclic) bond motifs is 4. The van der Waals surface area contributed by atoms with Gasteiger partial charge in [-0.2, -0.15) is 0 Å². The first-order chi connectivity index (χ1) is 16.2. The molecule has 2 aliphatic heterocycles. The number of hydrogen-bond donors (Lipinski definition) is 2. The molecule has 2 atom stereocenters. The Kier molecular flexibility index (Phi) is 6.13. The number of amides is 1. The van der Waals surface area contributed by atoms with Crippen molar-refractivity contribution in [2.45, 2.75) is 31.8 Å². The van der Waals surface area contributed by atoms with Crippen molar-refractivity contribution in [1.29, 1.82) is 0 Å². The van der Waals surface area contributed by atoms with Gasteiger partial charge in [-0.15, -0.1) is 5.10 Å². The van der Waals surface area contributed by atoms with E-state index < -0.39 is 0 Å². The van der Waals surface area contributed by atoms with Crippen molar-refractivity contribution in [3.05, 3.63) is 59.8 Å². The maximum atomic E-state index is 13.1. The van der Waals surface area contributed by atoms with E-state index in [2.05, 4.69) is 35.8 Å². The molecule has 172 valence electrons. The molecule has 11 heteroatoms. The molecule has 0 saturated carbocycles. The van der Waals surface area contributed by atoms with Crippen LogP contribution in [0.15, 0.2) is 42.9 Å². The number of rotatable bonds is 3. The number of carbonyl (C=O) groups excluding carboxylic acids is 1. The lowest BCUT2D eigenvalue weighted by Crippen LogP contribution is -2.44. The van der Waals surface area contributed by atoms with E-state index in [4.69, 9.17) is 9.47 Å². The van der Waals surface area contributed by atoms with Crippen LogP contribution in [0.3, 0.4) is 0 Å². The van der Waals surface area contributed by atoms with Gasteiger partial charge in [-0.25, -0.2) is 14.6 Å². The molecule has 2 bridgehead atoms. The summed E-state index contributed by atoms with van der Waals surface area (Å²) in [4.78, 5) is 24.0. The predicted molar refractivity (Wildman–Crippen MR) is 119 cm³/mol.